The highest BCUT2D eigenvalue weighted by atomic mass is 79.9. The van der Waals surface area contributed by atoms with Crippen molar-refractivity contribution >= 4 is 32.9 Å². The molecule has 118 valence electrons. The molecule has 0 fully saturated rings. The second kappa shape index (κ2) is 6.50. The van der Waals surface area contributed by atoms with Crippen molar-refractivity contribution in [3.05, 3.63) is 70.3 Å². The van der Waals surface area contributed by atoms with Crippen LogP contribution < -0.4 is 0 Å². The zero-order valence-electron chi connectivity index (χ0n) is 11.9. The van der Waals surface area contributed by atoms with E-state index in [4.69, 9.17) is 4.74 Å². The number of hydrogen-bond acceptors (Lipinski definition) is 2. The van der Waals surface area contributed by atoms with Crippen LogP contribution in [0, 0.1) is 0 Å². The molecule has 0 aliphatic heterocycles. The number of aromatic nitrogens is 1. The molecule has 0 saturated heterocycles. The van der Waals surface area contributed by atoms with Crippen LogP contribution in [0.2, 0.25) is 0 Å². The second-order valence-corrected chi connectivity index (χ2v) is 5.87. The Morgan fingerprint density at radius 1 is 1.17 bits per heavy atom. The van der Waals surface area contributed by atoms with E-state index in [1.54, 1.807) is 6.07 Å². The van der Waals surface area contributed by atoms with Gasteiger partial charge in [-0.05, 0) is 23.8 Å². The van der Waals surface area contributed by atoms with E-state index in [1.165, 1.54) is 22.9 Å². The van der Waals surface area contributed by atoms with Crippen molar-refractivity contribution in [2.45, 2.75) is 13.0 Å². The monoisotopic (exact) mass is 379 g/mol. The highest BCUT2D eigenvalue weighted by Crippen LogP contribution is 2.32. The number of fused-ring (bicyclic) bond motifs is 1. The minimum atomic E-state index is -2.62. The van der Waals surface area contributed by atoms with Gasteiger partial charge in [0.1, 0.15) is 6.61 Å². The largest absolute Gasteiger partial charge is 0.444 e. The van der Waals surface area contributed by atoms with Gasteiger partial charge in [-0.2, -0.15) is 0 Å². The van der Waals surface area contributed by atoms with Crippen LogP contribution in [0.3, 0.4) is 0 Å². The number of ether oxygens (including phenoxy) is 1. The van der Waals surface area contributed by atoms with E-state index in [-0.39, 0.29) is 12.2 Å². The lowest BCUT2D eigenvalue weighted by Crippen LogP contribution is -2.12. The zero-order chi connectivity index (χ0) is 16.4. The smallest absolute Gasteiger partial charge is 0.418 e. The Hall–Kier alpha value is -2.21. The van der Waals surface area contributed by atoms with E-state index < -0.39 is 12.5 Å². The number of benzene rings is 2. The van der Waals surface area contributed by atoms with Crippen molar-refractivity contribution in [3.63, 3.8) is 0 Å². The van der Waals surface area contributed by atoms with Gasteiger partial charge in [-0.1, -0.05) is 46.3 Å². The average molecular weight is 380 g/mol. The topological polar surface area (TPSA) is 31.2 Å². The Balaban J connectivity index is 1.89. The van der Waals surface area contributed by atoms with Gasteiger partial charge in [0.15, 0.2) is 0 Å². The van der Waals surface area contributed by atoms with Crippen LogP contribution >= 0.6 is 15.9 Å². The summed E-state index contributed by atoms with van der Waals surface area (Å²) in [5.41, 5.74) is 1.11. The number of halogens is 3. The fourth-order valence-electron chi connectivity index (χ4n) is 2.36. The highest BCUT2D eigenvalue weighted by molar-refractivity contribution is 9.10. The Kier molecular flexibility index (Phi) is 4.43. The molecule has 3 nitrogen and oxygen atoms in total. The molecule has 0 aliphatic rings. The average Bonchev–Trinajstić information content (AvgIpc) is 2.96. The standard InChI is InChI=1S/C17H12BrF2NO2/c18-12-8-14(16(19)20)13-6-7-21(15(13)9-12)17(22)23-10-11-4-2-1-3-5-11/h1-9,16H,10H2. The molecule has 6 heteroatoms. The highest BCUT2D eigenvalue weighted by Gasteiger charge is 2.18. The molecule has 0 amide bonds. The summed E-state index contributed by atoms with van der Waals surface area (Å²) in [4.78, 5) is 12.2. The Morgan fingerprint density at radius 2 is 1.91 bits per heavy atom. The zero-order valence-corrected chi connectivity index (χ0v) is 13.5. The minimum Gasteiger partial charge on any atom is -0.444 e. The lowest BCUT2D eigenvalue weighted by Gasteiger charge is -2.08. The van der Waals surface area contributed by atoms with E-state index in [0.717, 1.165) is 5.56 Å². The molecule has 0 spiro atoms. The summed E-state index contributed by atoms with van der Waals surface area (Å²) >= 11 is 3.20. The Bertz CT molecular complexity index is 846. The van der Waals surface area contributed by atoms with Gasteiger partial charge in [-0.25, -0.2) is 13.6 Å². The number of rotatable bonds is 3. The predicted octanol–water partition coefficient (Wildman–Crippen LogP) is 5.53. The molecule has 1 aromatic heterocycles. The number of carbonyl (C=O) groups is 1. The van der Waals surface area contributed by atoms with Gasteiger partial charge in [0.05, 0.1) is 5.52 Å². The molecule has 0 aliphatic carbocycles. The van der Waals surface area contributed by atoms with E-state index in [1.807, 2.05) is 30.3 Å². The molecule has 3 rings (SSSR count). The fourth-order valence-corrected chi connectivity index (χ4v) is 2.83. The fraction of sp³-hybridized carbons (Fsp3) is 0.118. The summed E-state index contributed by atoms with van der Waals surface area (Å²) in [5, 5.41) is 0.333. The van der Waals surface area contributed by atoms with Gasteiger partial charge in [-0.15, -0.1) is 0 Å². The van der Waals surface area contributed by atoms with E-state index in [0.29, 0.717) is 15.4 Å². The van der Waals surface area contributed by atoms with Crippen LogP contribution in [0.4, 0.5) is 13.6 Å². The van der Waals surface area contributed by atoms with Crippen LogP contribution in [0.25, 0.3) is 10.9 Å². The summed E-state index contributed by atoms with van der Waals surface area (Å²) < 4.78 is 33.2. The first-order valence-electron chi connectivity index (χ1n) is 6.86. The lowest BCUT2D eigenvalue weighted by molar-refractivity contribution is 0.142. The summed E-state index contributed by atoms with van der Waals surface area (Å²) in [7, 11) is 0. The normalized spacial score (nSPS) is 11.1. The summed E-state index contributed by atoms with van der Waals surface area (Å²) in [6, 6.07) is 13.7. The van der Waals surface area contributed by atoms with Gasteiger partial charge in [0.2, 0.25) is 0 Å². The molecule has 0 saturated carbocycles. The molecule has 23 heavy (non-hydrogen) atoms. The molecule has 2 aromatic carbocycles. The predicted molar refractivity (Wildman–Crippen MR) is 86.6 cm³/mol. The van der Waals surface area contributed by atoms with Gasteiger partial charge in [-0.3, -0.25) is 4.57 Å². The first-order valence-corrected chi connectivity index (χ1v) is 7.65. The quantitative estimate of drug-likeness (QED) is 0.599. The first kappa shape index (κ1) is 15.7. The molecule has 0 radical (unpaired) electrons. The molecule has 1 heterocycles. The third-order valence-electron chi connectivity index (χ3n) is 3.44. The van der Waals surface area contributed by atoms with Crippen LogP contribution in [-0.2, 0) is 11.3 Å². The number of nitrogens with zero attached hydrogens (tertiary/aromatic N) is 1. The maximum atomic E-state index is 13.1. The van der Waals surface area contributed by atoms with E-state index in [2.05, 4.69) is 15.9 Å². The maximum Gasteiger partial charge on any atom is 0.418 e. The second-order valence-electron chi connectivity index (χ2n) is 4.95. The van der Waals surface area contributed by atoms with Crippen LogP contribution in [0.15, 0.2) is 59.2 Å². The molecule has 3 aromatic rings. The molecule has 0 unspecified atom stereocenters. The third-order valence-corrected chi connectivity index (χ3v) is 3.90. The third kappa shape index (κ3) is 3.27. The first-order chi connectivity index (χ1) is 11.1. The number of hydrogen-bond donors (Lipinski definition) is 0. The molecular weight excluding hydrogens is 368 g/mol. The van der Waals surface area contributed by atoms with E-state index >= 15 is 0 Å². The van der Waals surface area contributed by atoms with Crippen molar-refractivity contribution < 1.29 is 18.3 Å². The number of carbonyl (C=O) groups excluding carboxylic acids is 1. The van der Waals surface area contributed by atoms with Crippen LogP contribution in [0.5, 0.6) is 0 Å². The van der Waals surface area contributed by atoms with Crippen molar-refractivity contribution in [2.24, 2.45) is 0 Å². The molecular formula is C17H12BrF2NO2. The molecule has 0 atom stereocenters. The van der Waals surface area contributed by atoms with Gasteiger partial charge >= 0.3 is 6.09 Å². The maximum absolute atomic E-state index is 13.1. The summed E-state index contributed by atoms with van der Waals surface area (Å²) in [6.07, 6.45) is -1.79. The summed E-state index contributed by atoms with van der Waals surface area (Å²) in [5.74, 6) is 0. The van der Waals surface area contributed by atoms with Crippen molar-refractivity contribution in [1.82, 2.24) is 4.57 Å². The van der Waals surface area contributed by atoms with Crippen molar-refractivity contribution in [3.8, 4) is 0 Å². The summed E-state index contributed by atoms with van der Waals surface area (Å²) in [6.45, 7) is 0.120. The lowest BCUT2D eigenvalue weighted by atomic mass is 10.1. The van der Waals surface area contributed by atoms with Crippen LogP contribution in [-0.4, -0.2) is 10.7 Å². The molecule has 0 N–H and O–H groups in total. The van der Waals surface area contributed by atoms with Gasteiger partial charge in [0.25, 0.3) is 6.43 Å². The SMILES string of the molecule is O=C(OCc1ccccc1)n1ccc2c(C(F)F)cc(Br)cc21. The van der Waals surface area contributed by atoms with Crippen molar-refractivity contribution in [2.75, 3.05) is 0 Å². The van der Waals surface area contributed by atoms with Crippen molar-refractivity contribution in [1.29, 1.82) is 0 Å². The number of alkyl halides is 2. The Labute approximate surface area is 139 Å². The Morgan fingerprint density at radius 3 is 2.61 bits per heavy atom. The minimum absolute atomic E-state index is 0.120. The van der Waals surface area contributed by atoms with Gasteiger partial charge in [0, 0.05) is 21.6 Å². The van der Waals surface area contributed by atoms with E-state index in [9.17, 15) is 13.6 Å². The van der Waals surface area contributed by atoms with Crippen LogP contribution in [0.1, 0.15) is 17.6 Å². The molecule has 0 bridgehead atoms. The van der Waals surface area contributed by atoms with Gasteiger partial charge < -0.3 is 4.74 Å².